The van der Waals surface area contributed by atoms with Crippen molar-refractivity contribution in [2.45, 2.75) is 24.7 Å². The van der Waals surface area contributed by atoms with Crippen molar-refractivity contribution < 1.29 is 22.9 Å². The van der Waals surface area contributed by atoms with E-state index in [1.807, 2.05) is 0 Å². The Hall–Kier alpha value is -2.98. The van der Waals surface area contributed by atoms with Crippen molar-refractivity contribution in [1.29, 1.82) is 0 Å². The van der Waals surface area contributed by atoms with Gasteiger partial charge in [0.1, 0.15) is 5.75 Å². The molecule has 3 rings (SSSR count). The summed E-state index contributed by atoms with van der Waals surface area (Å²) < 4.78 is 32.2. The lowest BCUT2D eigenvalue weighted by Gasteiger charge is -2.17. The Balaban J connectivity index is 1.96. The molecule has 0 aliphatic carbocycles. The number of nitro groups is 1. The highest BCUT2D eigenvalue weighted by Crippen LogP contribution is 2.28. The Morgan fingerprint density at radius 1 is 1.17 bits per heavy atom. The number of nitrogens with one attached hydrogen (secondary N) is 1. The minimum absolute atomic E-state index is 0.00103. The molecule has 2 aromatic carbocycles. The molecule has 0 unspecified atom stereocenters. The number of nitrogens with zero attached hydrogens (tertiary/aromatic N) is 2. The summed E-state index contributed by atoms with van der Waals surface area (Å²) in [6, 6.07) is 8.23. The first-order chi connectivity index (χ1) is 13.7. The highest BCUT2D eigenvalue weighted by Gasteiger charge is 2.28. The molecule has 0 atom stereocenters. The molecule has 154 valence electrons. The minimum atomic E-state index is -3.71. The van der Waals surface area contributed by atoms with E-state index in [0.29, 0.717) is 18.7 Å². The number of anilines is 1. The number of nitro benzene ring substituents is 1. The van der Waals surface area contributed by atoms with Crippen molar-refractivity contribution in [3.63, 3.8) is 0 Å². The van der Waals surface area contributed by atoms with Gasteiger partial charge in [0.25, 0.3) is 11.6 Å². The predicted octanol–water partition coefficient (Wildman–Crippen LogP) is 2.95. The van der Waals surface area contributed by atoms with Gasteiger partial charge in [-0.2, -0.15) is 4.31 Å². The van der Waals surface area contributed by atoms with E-state index >= 15 is 0 Å². The largest absolute Gasteiger partial charge is 0.496 e. The molecule has 0 saturated carbocycles. The maximum Gasteiger partial charge on any atom is 0.271 e. The standard InChI is InChI=1S/C19H21N3O6S/c1-13-5-6-14(22(24)25)11-17(13)20-19(23)16-12-15(7-8-18(16)28-2)29(26,27)21-9-3-4-10-21/h5-8,11-12H,3-4,9-10H2,1-2H3,(H,20,23). The van der Waals surface area contributed by atoms with E-state index < -0.39 is 20.9 Å². The SMILES string of the molecule is COc1ccc(S(=O)(=O)N2CCCC2)cc1C(=O)Nc1cc([N+](=O)[O-])ccc1C. The molecule has 1 saturated heterocycles. The van der Waals surface area contributed by atoms with E-state index in [1.54, 1.807) is 6.92 Å². The second-order valence-electron chi connectivity index (χ2n) is 6.68. The van der Waals surface area contributed by atoms with Crippen LogP contribution in [0.5, 0.6) is 5.75 Å². The molecule has 0 spiro atoms. The fourth-order valence-corrected chi connectivity index (χ4v) is 4.69. The number of carbonyl (C=O) groups is 1. The summed E-state index contributed by atoms with van der Waals surface area (Å²) in [6.45, 7) is 2.59. The van der Waals surface area contributed by atoms with Gasteiger partial charge in [-0.15, -0.1) is 0 Å². The number of amides is 1. The van der Waals surface area contributed by atoms with Crippen LogP contribution in [0.4, 0.5) is 11.4 Å². The summed E-state index contributed by atoms with van der Waals surface area (Å²) in [7, 11) is -2.34. The molecule has 1 heterocycles. The Bertz CT molecular complexity index is 1060. The van der Waals surface area contributed by atoms with Crippen LogP contribution in [0.15, 0.2) is 41.3 Å². The number of hydrogen-bond donors (Lipinski definition) is 1. The van der Waals surface area contributed by atoms with E-state index in [1.165, 1.54) is 47.8 Å². The number of carbonyl (C=O) groups excluding carboxylic acids is 1. The third-order valence-corrected chi connectivity index (χ3v) is 6.69. The zero-order chi connectivity index (χ0) is 21.2. The predicted molar refractivity (Wildman–Crippen MR) is 107 cm³/mol. The Morgan fingerprint density at radius 3 is 2.48 bits per heavy atom. The van der Waals surface area contributed by atoms with Gasteiger partial charge in [-0.25, -0.2) is 8.42 Å². The number of sulfonamides is 1. The number of ether oxygens (including phenoxy) is 1. The summed E-state index contributed by atoms with van der Waals surface area (Å²) in [5.41, 5.74) is 0.754. The van der Waals surface area contributed by atoms with Crippen LogP contribution in [0.3, 0.4) is 0 Å². The van der Waals surface area contributed by atoms with Gasteiger partial charge in [-0.3, -0.25) is 14.9 Å². The summed E-state index contributed by atoms with van der Waals surface area (Å²) in [5.74, 6) is -0.421. The zero-order valence-electron chi connectivity index (χ0n) is 16.0. The first-order valence-electron chi connectivity index (χ1n) is 8.98. The average molecular weight is 419 g/mol. The molecular formula is C19H21N3O6S. The summed E-state index contributed by atoms with van der Waals surface area (Å²) in [6.07, 6.45) is 1.60. The number of aryl methyl sites for hydroxylation is 1. The van der Waals surface area contributed by atoms with Crippen molar-refractivity contribution in [3.8, 4) is 5.75 Å². The first-order valence-corrected chi connectivity index (χ1v) is 10.4. The van der Waals surface area contributed by atoms with Crippen LogP contribution < -0.4 is 10.1 Å². The summed E-state index contributed by atoms with van der Waals surface area (Å²) in [4.78, 5) is 23.3. The second-order valence-corrected chi connectivity index (χ2v) is 8.62. The number of rotatable bonds is 6. The van der Waals surface area contributed by atoms with Crippen LogP contribution in [-0.4, -0.2) is 43.8 Å². The highest BCUT2D eigenvalue weighted by atomic mass is 32.2. The van der Waals surface area contributed by atoms with Crippen molar-refractivity contribution in [3.05, 3.63) is 57.6 Å². The quantitative estimate of drug-likeness (QED) is 0.568. The van der Waals surface area contributed by atoms with Crippen molar-refractivity contribution in [1.82, 2.24) is 4.31 Å². The molecule has 9 nitrogen and oxygen atoms in total. The lowest BCUT2D eigenvalue weighted by atomic mass is 10.1. The summed E-state index contributed by atoms with van der Waals surface area (Å²) >= 11 is 0. The molecule has 2 aromatic rings. The van der Waals surface area contributed by atoms with Gasteiger partial charge in [-0.05, 0) is 43.5 Å². The molecule has 10 heteroatoms. The molecular weight excluding hydrogens is 398 g/mol. The average Bonchev–Trinajstić information content (AvgIpc) is 3.24. The lowest BCUT2D eigenvalue weighted by molar-refractivity contribution is -0.384. The molecule has 0 aromatic heterocycles. The van der Waals surface area contributed by atoms with Crippen LogP contribution in [0.2, 0.25) is 0 Å². The van der Waals surface area contributed by atoms with Gasteiger partial charge in [-0.1, -0.05) is 6.07 Å². The molecule has 1 aliphatic rings. The fraction of sp³-hybridized carbons (Fsp3) is 0.316. The smallest absolute Gasteiger partial charge is 0.271 e. The highest BCUT2D eigenvalue weighted by molar-refractivity contribution is 7.89. The maximum absolute atomic E-state index is 12.9. The van der Waals surface area contributed by atoms with E-state index in [4.69, 9.17) is 4.74 Å². The normalized spacial score (nSPS) is 14.6. The van der Waals surface area contributed by atoms with E-state index in [-0.39, 0.29) is 27.6 Å². The maximum atomic E-state index is 12.9. The van der Waals surface area contributed by atoms with Gasteiger partial charge < -0.3 is 10.1 Å². The van der Waals surface area contributed by atoms with Crippen LogP contribution >= 0.6 is 0 Å². The third-order valence-electron chi connectivity index (χ3n) is 4.80. The Morgan fingerprint density at radius 2 is 1.86 bits per heavy atom. The minimum Gasteiger partial charge on any atom is -0.496 e. The molecule has 1 amide bonds. The second kappa shape index (κ2) is 8.18. The van der Waals surface area contributed by atoms with E-state index in [9.17, 15) is 23.3 Å². The molecule has 1 N–H and O–H groups in total. The molecule has 0 bridgehead atoms. The topological polar surface area (TPSA) is 119 Å². The molecule has 0 radical (unpaired) electrons. The van der Waals surface area contributed by atoms with E-state index in [0.717, 1.165) is 12.8 Å². The van der Waals surface area contributed by atoms with Gasteiger partial charge in [0.05, 0.1) is 28.2 Å². The first kappa shape index (κ1) is 20.7. The Kier molecular flexibility index (Phi) is 5.85. The number of non-ortho nitro benzene ring substituents is 1. The molecule has 29 heavy (non-hydrogen) atoms. The lowest BCUT2D eigenvalue weighted by Crippen LogP contribution is -2.28. The van der Waals surface area contributed by atoms with Crippen molar-refractivity contribution in [2.24, 2.45) is 0 Å². The summed E-state index contributed by atoms with van der Waals surface area (Å²) in [5, 5.41) is 13.6. The number of methoxy groups -OCH3 is 1. The van der Waals surface area contributed by atoms with Crippen molar-refractivity contribution in [2.75, 3.05) is 25.5 Å². The number of benzene rings is 2. The monoisotopic (exact) mass is 419 g/mol. The Labute approximate surface area is 168 Å². The van der Waals surface area contributed by atoms with Gasteiger partial charge in [0.15, 0.2) is 0 Å². The van der Waals surface area contributed by atoms with Crippen LogP contribution in [0.1, 0.15) is 28.8 Å². The van der Waals surface area contributed by atoms with Crippen LogP contribution in [0.25, 0.3) is 0 Å². The van der Waals surface area contributed by atoms with Crippen LogP contribution in [-0.2, 0) is 10.0 Å². The third kappa shape index (κ3) is 4.22. The fourth-order valence-electron chi connectivity index (χ4n) is 3.15. The molecule has 1 fully saturated rings. The van der Waals surface area contributed by atoms with E-state index in [2.05, 4.69) is 5.32 Å². The van der Waals surface area contributed by atoms with Gasteiger partial charge >= 0.3 is 0 Å². The van der Waals surface area contributed by atoms with Crippen molar-refractivity contribution >= 4 is 27.3 Å². The molecule has 1 aliphatic heterocycles. The van der Waals surface area contributed by atoms with Gasteiger partial charge in [0, 0.05) is 25.2 Å². The zero-order valence-corrected chi connectivity index (χ0v) is 16.9. The number of hydrogen-bond acceptors (Lipinski definition) is 6. The van der Waals surface area contributed by atoms with Crippen LogP contribution in [0, 0.1) is 17.0 Å². The van der Waals surface area contributed by atoms with Gasteiger partial charge in [0.2, 0.25) is 10.0 Å².